The number of rotatable bonds is 4. The number of esters is 1. The number of carbonyl (C=O) groups is 1. The molecule has 8 heteroatoms. The van der Waals surface area contributed by atoms with E-state index in [-0.39, 0.29) is 17.7 Å². The molecule has 8 nitrogen and oxygen atoms in total. The molecule has 0 atom stereocenters. The lowest BCUT2D eigenvalue weighted by molar-refractivity contribution is -0.135. The van der Waals surface area contributed by atoms with Crippen molar-refractivity contribution in [3.8, 4) is 5.75 Å². The summed E-state index contributed by atoms with van der Waals surface area (Å²) < 4.78 is 9.13. The summed E-state index contributed by atoms with van der Waals surface area (Å²) in [6, 6.07) is 7.68. The first-order chi connectivity index (χ1) is 14.0. The quantitative estimate of drug-likeness (QED) is 0.498. The van der Waals surface area contributed by atoms with Gasteiger partial charge in [-0.3, -0.25) is 13.9 Å². The average Bonchev–Trinajstić information content (AvgIpc) is 3.15. The molecule has 0 saturated heterocycles. The number of imidazole rings is 1. The molecule has 1 saturated carbocycles. The molecule has 0 bridgehead atoms. The van der Waals surface area contributed by atoms with Gasteiger partial charge in [0.1, 0.15) is 12.3 Å². The van der Waals surface area contributed by atoms with Gasteiger partial charge in [-0.25, -0.2) is 14.6 Å². The maximum atomic E-state index is 12.4. The molecule has 0 N–H and O–H groups in total. The van der Waals surface area contributed by atoms with Gasteiger partial charge in [-0.1, -0.05) is 31.4 Å². The first-order valence-corrected chi connectivity index (χ1v) is 9.87. The standard InChI is InChI=1S/C21H24N4O4/c1-23-19-18(20(27)24(2)21(23)28)25(13-22-19)12-17(26)29-16-10-8-15(9-11-16)14-6-4-3-5-7-14/h8-11,13-14H,3-7,12H2,1-2H3. The number of fused-ring (bicyclic) bond motifs is 1. The van der Waals surface area contributed by atoms with E-state index in [1.807, 2.05) is 24.3 Å². The highest BCUT2D eigenvalue weighted by molar-refractivity contribution is 5.76. The summed E-state index contributed by atoms with van der Waals surface area (Å²) in [7, 11) is 2.93. The minimum atomic E-state index is -0.509. The molecule has 0 amide bonds. The third-order valence-electron chi connectivity index (χ3n) is 5.71. The van der Waals surface area contributed by atoms with Crippen molar-refractivity contribution in [3.63, 3.8) is 0 Å². The lowest BCUT2D eigenvalue weighted by Crippen LogP contribution is -2.37. The van der Waals surface area contributed by atoms with Crippen molar-refractivity contribution >= 4 is 17.1 Å². The summed E-state index contributed by atoms with van der Waals surface area (Å²) in [5, 5.41) is 0. The average molecular weight is 396 g/mol. The molecule has 1 fully saturated rings. The molecule has 0 unspecified atom stereocenters. The fourth-order valence-electron chi connectivity index (χ4n) is 4.06. The second kappa shape index (κ2) is 7.69. The molecule has 2 aromatic heterocycles. The second-order valence-electron chi connectivity index (χ2n) is 7.63. The van der Waals surface area contributed by atoms with Crippen molar-refractivity contribution in [2.24, 2.45) is 14.1 Å². The van der Waals surface area contributed by atoms with Crippen LogP contribution in [0.4, 0.5) is 0 Å². The lowest BCUT2D eigenvalue weighted by atomic mass is 9.84. The van der Waals surface area contributed by atoms with Gasteiger partial charge >= 0.3 is 11.7 Å². The highest BCUT2D eigenvalue weighted by Crippen LogP contribution is 2.33. The van der Waals surface area contributed by atoms with E-state index in [2.05, 4.69) is 4.98 Å². The molecular weight excluding hydrogens is 372 g/mol. The van der Waals surface area contributed by atoms with E-state index in [1.165, 1.54) is 67.2 Å². The van der Waals surface area contributed by atoms with E-state index in [0.717, 1.165) is 4.57 Å². The Morgan fingerprint density at radius 1 is 1.07 bits per heavy atom. The Bertz CT molecular complexity index is 1160. The summed E-state index contributed by atoms with van der Waals surface area (Å²) in [6.45, 7) is -0.172. The second-order valence-corrected chi connectivity index (χ2v) is 7.63. The predicted molar refractivity (Wildman–Crippen MR) is 108 cm³/mol. The summed E-state index contributed by atoms with van der Waals surface area (Å²) in [5.41, 5.74) is 0.759. The number of hydrogen-bond donors (Lipinski definition) is 0. The topological polar surface area (TPSA) is 88.1 Å². The fraction of sp³-hybridized carbons (Fsp3) is 0.429. The number of hydrogen-bond acceptors (Lipinski definition) is 5. The van der Waals surface area contributed by atoms with Crippen LogP contribution in [0.25, 0.3) is 11.2 Å². The number of benzene rings is 1. The third kappa shape index (κ3) is 3.62. The highest BCUT2D eigenvalue weighted by atomic mass is 16.5. The Morgan fingerprint density at radius 3 is 2.45 bits per heavy atom. The highest BCUT2D eigenvalue weighted by Gasteiger charge is 2.18. The Kier molecular flexibility index (Phi) is 5.08. The SMILES string of the molecule is Cn1c(=O)c2c(ncn2CC(=O)Oc2ccc(C3CCCCC3)cc2)n(C)c1=O. The van der Waals surface area contributed by atoms with Crippen molar-refractivity contribution in [1.29, 1.82) is 0 Å². The molecule has 4 rings (SSSR count). The van der Waals surface area contributed by atoms with Crippen LogP contribution < -0.4 is 16.0 Å². The minimum Gasteiger partial charge on any atom is -0.425 e. The van der Waals surface area contributed by atoms with E-state index in [1.54, 1.807) is 0 Å². The molecule has 29 heavy (non-hydrogen) atoms. The molecule has 152 valence electrons. The third-order valence-corrected chi connectivity index (χ3v) is 5.71. The van der Waals surface area contributed by atoms with Gasteiger partial charge in [0, 0.05) is 14.1 Å². The smallest absolute Gasteiger partial charge is 0.332 e. The lowest BCUT2D eigenvalue weighted by Gasteiger charge is -2.22. The van der Waals surface area contributed by atoms with Crippen molar-refractivity contribution in [2.45, 2.75) is 44.6 Å². The van der Waals surface area contributed by atoms with Crippen LogP contribution in [-0.2, 0) is 25.4 Å². The van der Waals surface area contributed by atoms with Crippen molar-refractivity contribution in [2.75, 3.05) is 0 Å². The van der Waals surface area contributed by atoms with Crippen LogP contribution in [0.5, 0.6) is 5.75 Å². The summed E-state index contributed by atoms with van der Waals surface area (Å²) in [5.74, 6) is 0.554. The van der Waals surface area contributed by atoms with Gasteiger partial charge in [0.25, 0.3) is 5.56 Å². The largest absolute Gasteiger partial charge is 0.425 e. The molecule has 2 heterocycles. The predicted octanol–water partition coefficient (Wildman–Crippen LogP) is 2.09. The van der Waals surface area contributed by atoms with E-state index in [0.29, 0.717) is 11.7 Å². The maximum absolute atomic E-state index is 12.4. The van der Waals surface area contributed by atoms with E-state index in [9.17, 15) is 14.4 Å². The van der Waals surface area contributed by atoms with Crippen LogP contribution in [0.3, 0.4) is 0 Å². The first-order valence-electron chi connectivity index (χ1n) is 9.87. The Labute approximate surface area is 167 Å². The summed E-state index contributed by atoms with van der Waals surface area (Å²) in [6.07, 6.45) is 7.65. The Morgan fingerprint density at radius 2 is 1.76 bits per heavy atom. The number of aryl methyl sites for hydroxylation is 1. The van der Waals surface area contributed by atoms with Crippen LogP contribution in [0.15, 0.2) is 40.2 Å². The van der Waals surface area contributed by atoms with Gasteiger partial charge < -0.3 is 9.30 Å². The van der Waals surface area contributed by atoms with Crippen LogP contribution in [-0.4, -0.2) is 24.7 Å². The van der Waals surface area contributed by atoms with Crippen LogP contribution >= 0.6 is 0 Å². The van der Waals surface area contributed by atoms with Crippen LogP contribution in [0.2, 0.25) is 0 Å². The molecule has 0 radical (unpaired) electrons. The molecule has 0 aliphatic heterocycles. The molecule has 0 spiro atoms. The van der Waals surface area contributed by atoms with Gasteiger partial charge in [-0.2, -0.15) is 0 Å². The van der Waals surface area contributed by atoms with Gasteiger partial charge in [0.05, 0.1) is 6.33 Å². The van der Waals surface area contributed by atoms with Crippen LogP contribution in [0.1, 0.15) is 43.6 Å². The van der Waals surface area contributed by atoms with E-state index < -0.39 is 17.2 Å². The van der Waals surface area contributed by atoms with Gasteiger partial charge in [0.15, 0.2) is 11.2 Å². The number of ether oxygens (including phenoxy) is 1. The van der Waals surface area contributed by atoms with Crippen molar-refractivity contribution in [3.05, 3.63) is 57.0 Å². The Balaban J connectivity index is 1.50. The molecule has 1 aromatic carbocycles. The minimum absolute atomic E-state index is 0.172. The maximum Gasteiger partial charge on any atom is 0.332 e. The number of nitrogens with zero attached hydrogens (tertiary/aromatic N) is 4. The molecule has 1 aliphatic rings. The zero-order chi connectivity index (χ0) is 20.5. The van der Waals surface area contributed by atoms with Gasteiger partial charge in [-0.05, 0) is 36.5 Å². The van der Waals surface area contributed by atoms with Gasteiger partial charge in [0.2, 0.25) is 0 Å². The summed E-state index contributed by atoms with van der Waals surface area (Å²) >= 11 is 0. The van der Waals surface area contributed by atoms with Crippen molar-refractivity contribution < 1.29 is 9.53 Å². The molecule has 1 aliphatic carbocycles. The molecular formula is C21H24N4O4. The zero-order valence-corrected chi connectivity index (χ0v) is 16.6. The van der Waals surface area contributed by atoms with E-state index in [4.69, 9.17) is 4.74 Å². The monoisotopic (exact) mass is 396 g/mol. The normalized spacial score (nSPS) is 15.0. The van der Waals surface area contributed by atoms with E-state index >= 15 is 0 Å². The molecule has 3 aromatic rings. The number of carbonyl (C=O) groups excluding carboxylic acids is 1. The van der Waals surface area contributed by atoms with Gasteiger partial charge in [-0.15, -0.1) is 0 Å². The number of aromatic nitrogens is 4. The van der Waals surface area contributed by atoms with Crippen molar-refractivity contribution in [1.82, 2.24) is 18.7 Å². The zero-order valence-electron chi connectivity index (χ0n) is 16.6. The fourth-order valence-corrected chi connectivity index (χ4v) is 4.06. The first kappa shape index (κ1) is 19.2. The summed E-state index contributed by atoms with van der Waals surface area (Å²) in [4.78, 5) is 41.0. The van der Waals surface area contributed by atoms with Crippen LogP contribution in [0, 0.1) is 0 Å². The Hall–Kier alpha value is -3.16.